The molecule has 0 radical (unpaired) electrons. The number of aliphatic carboxylic acids is 1. The molecule has 0 aliphatic heterocycles. The molecule has 0 aliphatic rings. The smallest absolute Gasteiger partial charge is 0.315 e. The van der Waals surface area contributed by atoms with Gasteiger partial charge in [-0.15, -0.1) is 0 Å². The average molecular weight is 196 g/mol. The molecular formula is C10H16N2O2. The highest BCUT2D eigenvalue weighted by Crippen LogP contribution is 2.24. The first kappa shape index (κ1) is 10.8. The minimum atomic E-state index is -0.927. The molecule has 2 N–H and O–H groups in total. The van der Waals surface area contributed by atoms with Crippen LogP contribution in [-0.2, 0) is 10.2 Å². The number of nitrogens with zero attached hydrogens (tertiary/aromatic N) is 1. The predicted octanol–water partition coefficient (Wildman–Crippen LogP) is 1.90. The second kappa shape index (κ2) is 3.44. The second-order valence-electron chi connectivity index (χ2n) is 4.29. The number of H-pyrrole nitrogens is 1. The molecule has 0 saturated carbocycles. The van der Waals surface area contributed by atoms with Gasteiger partial charge in [0.15, 0.2) is 0 Å². The van der Waals surface area contributed by atoms with Crippen LogP contribution < -0.4 is 0 Å². The molecule has 1 aromatic rings. The third-order valence-corrected chi connectivity index (χ3v) is 2.39. The van der Waals surface area contributed by atoms with Gasteiger partial charge in [-0.2, -0.15) is 5.10 Å². The standard InChI is InChI=1S/C10H16N2O2/c1-6(2)7-5-8(12-11-7)10(3,4)9(13)14/h5-6H,1-4H3,(H,11,12)(H,13,14). The highest BCUT2D eigenvalue weighted by molar-refractivity contribution is 5.79. The summed E-state index contributed by atoms with van der Waals surface area (Å²) in [4.78, 5) is 10.9. The van der Waals surface area contributed by atoms with Gasteiger partial charge in [0.2, 0.25) is 0 Å². The van der Waals surface area contributed by atoms with E-state index in [2.05, 4.69) is 10.2 Å². The van der Waals surface area contributed by atoms with Crippen LogP contribution in [0.25, 0.3) is 0 Å². The lowest BCUT2D eigenvalue weighted by Crippen LogP contribution is -2.28. The van der Waals surface area contributed by atoms with E-state index in [0.717, 1.165) is 5.69 Å². The van der Waals surface area contributed by atoms with E-state index in [1.54, 1.807) is 13.8 Å². The third-order valence-electron chi connectivity index (χ3n) is 2.39. The molecule has 14 heavy (non-hydrogen) atoms. The summed E-state index contributed by atoms with van der Waals surface area (Å²) in [5.74, 6) is -0.528. The Bertz CT molecular complexity index is 340. The molecule has 0 atom stereocenters. The Morgan fingerprint density at radius 3 is 2.50 bits per heavy atom. The first-order valence-electron chi connectivity index (χ1n) is 4.65. The van der Waals surface area contributed by atoms with Crippen molar-refractivity contribution in [3.63, 3.8) is 0 Å². The zero-order valence-corrected chi connectivity index (χ0v) is 8.96. The zero-order valence-electron chi connectivity index (χ0n) is 8.96. The fourth-order valence-electron chi connectivity index (χ4n) is 1.06. The van der Waals surface area contributed by atoms with E-state index >= 15 is 0 Å². The number of hydrogen-bond donors (Lipinski definition) is 2. The summed E-state index contributed by atoms with van der Waals surface area (Å²) in [6, 6.07) is 1.82. The molecule has 4 heteroatoms. The lowest BCUT2D eigenvalue weighted by molar-refractivity contribution is -0.142. The highest BCUT2D eigenvalue weighted by Gasteiger charge is 2.32. The molecule has 78 valence electrons. The van der Waals surface area contributed by atoms with Gasteiger partial charge in [0.1, 0.15) is 5.41 Å². The number of hydrogen-bond acceptors (Lipinski definition) is 2. The summed E-state index contributed by atoms with van der Waals surface area (Å²) >= 11 is 0. The fraction of sp³-hybridized carbons (Fsp3) is 0.600. The fourth-order valence-corrected chi connectivity index (χ4v) is 1.06. The van der Waals surface area contributed by atoms with Gasteiger partial charge in [0.05, 0.1) is 5.69 Å². The Labute approximate surface area is 83.3 Å². The Balaban J connectivity index is 3.03. The van der Waals surface area contributed by atoms with Gasteiger partial charge in [-0.05, 0) is 25.8 Å². The maximum atomic E-state index is 10.9. The zero-order chi connectivity index (χ0) is 10.9. The van der Waals surface area contributed by atoms with E-state index in [-0.39, 0.29) is 0 Å². The molecule has 0 fully saturated rings. The summed E-state index contributed by atoms with van der Waals surface area (Å²) in [7, 11) is 0. The van der Waals surface area contributed by atoms with Gasteiger partial charge in [-0.25, -0.2) is 0 Å². The summed E-state index contributed by atoms with van der Waals surface area (Å²) in [6.07, 6.45) is 0. The molecule has 0 aromatic carbocycles. The first-order valence-corrected chi connectivity index (χ1v) is 4.65. The Kier molecular flexibility index (Phi) is 2.64. The van der Waals surface area contributed by atoms with Crippen molar-refractivity contribution in [3.8, 4) is 0 Å². The van der Waals surface area contributed by atoms with Crippen molar-refractivity contribution in [2.24, 2.45) is 0 Å². The van der Waals surface area contributed by atoms with Gasteiger partial charge in [-0.1, -0.05) is 13.8 Å². The summed E-state index contributed by atoms with van der Waals surface area (Å²) < 4.78 is 0. The molecule has 1 heterocycles. The van der Waals surface area contributed by atoms with Crippen LogP contribution in [0.1, 0.15) is 45.0 Å². The molecule has 0 aliphatic carbocycles. The normalized spacial score (nSPS) is 12.1. The maximum absolute atomic E-state index is 10.9. The van der Waals surface area contributed by atoms with Crippen molar-refractivity contribution in [3.05, 3.63) is 17.5 Å². The van der Waals surface area contributed by atoms with Crippen LogP contribution in [-0.4, -0.2) is 21.3 Å². The molecule has 4 nitrogen and oxygen atoms in total. The summed E-state index contributed by atoms with van der Waals surface area (Å²) in [6.45, 7) is 7.36. The van der Waals surface area contributed by atoms with E-state index in [1.165, 1.54) is 0 Å². The van der Waals surface area contributed by atoms with E-state index in [0.29, 0.717) is 11.6 Å². The van der Waals surface area contributed by atoms with Crippen LogP contribution in [0, 0.1) is 0 Å². The quantitative estimate of drug-likeness (QED) is 0.775. The molecule has 0 amide bonds. The predicted molar refractivity (Wildman–Crippen MR) is 53.3 cm³/mol. The lowest BCUT2D eigenvalue weighted by atomic mass is 9.89. The minimum Gasteiger partial charge on any atom is -0.481 e. The van der Waals surface area contributed by atoms with Gasteiger partial charge in [0, 0.05) is 5.69 Å². The van der Waals surface area contributed by atoms with Crippen molar-refractivity contribution < 1.29 is 9.90 Å². The van der Waals surface area contributed by atoms with Crippen molar-refractivity contribution in [2.75, 3.05) is 0 Å². The number of nitrogens with one attached hydrogen (secondary N) is 1. The van der Waals surface area contributed by atoms with E-state index in [4.69, 9.17) is 5.11 Å². The van der Waals surface area contributed by atoms with Gasteiger partial charge < -0.3 is 5.11 Å². The average Bonchev–Trinajstić information content (AvgIpc) is 2.51. The van der Waals surface area contributed by atoms with Gasteiger partial charge >= 0.3 is 5.97 Å². The van der Waals surface area contributed by atoms with Crippen molar-refractivity contribution in [1.82, 2.24) is 10.2 Å². The molecule has 0 saturated heterocycles. The number of carboxylic acid groups (broad SMARTS) is 1. The molecule has 0 spiro atoms. The van der Waals surface area contributed by atoms with Crippen LogP contribution in [0.5, 0.6) is 0 Å². The molecule has 0 unspecified atom stereocenters. The van der Waals surface area contributed by atoms with E-state index < -0.39 is 11.4 Å². The van der Waals surface area contributed by atoms with Crippen molar-refractivity contribution in [1.29, 1.82) is 0 Å². The maximum Gasteiger partial charge on any atom is 0.315 e. The Hall–Kier alpha value is -1.32. The van der Waals surface area contributed by atoms with Crippen LogP contribution in [0.15, 0.2) is 6.07 Å². The number of rotatable bonds is 3. The molecule has 1 rings (SSSR count). The summed E-state index contributed by atoms with van der Waals surface area (Å²) in [5.41, 5.74) is 0.618. The lowest BCUT2D eigenvalue weighted by Gasteiger charge is -2.15. The second-order valence-corrected chi connectivity index (χ2v) is 4.29. The van der Waals surface area contributed by atoms with E-state index in [9.17, 15) is 4.79 Å². The number of carboxylic acids is 1. The topological polar surface area (TPSA) is 66.0 Å². The minimum absolute atomic E-state index is 0.334. The van der Waals surface area contributed by atoms with Crippen LogP contribution in [0.4, 0.5) is 0 Å². The summed E-state index contributed by atoms with van der Waals surface area (Å²) in [5, 5.41) is 15.9. The highest BCUT2D eigenvalue weighted by atomic mass is 16.4. The van der Waals surface area contributed by atoms with E-state index in [1.807, 2.05) is 19.9 Å². The Morgan fingerprint density at radius 1 is 1.57 bits per heavy atom. The van der Waals surface area contributed by atoms with Crippen LogP contribution >= 0.6 is 0 Å². The molecular weight excluding hydrogens is 180 g/mol. The van der Waals surface area contributed by atoms with Crippen molar-refractivity contribution in [2.45, 2.75) is 39.0 Å². The number of aromatic nitrogens is 2. The number of carbonyl (C=O) groups is 1. The number of aromatic amines is 1. The van der Waals surface area contributed by atoms with Crippen LogP contribution in [0.3, 0.4) is 0 Å². The first-order chi connectivity index (χ1) is 6.35. The third kappa shape index (κ3) is 1.78. The van der Waals surface area contributed by atoms with Gasteiger partial charge in [0.25, 0.3) is 0 Å². The molecule has 1 aromatic heterocycles. The van der Waals surface area contributed by atoms with Gasteiger partial charge in [-0.3, -0.25) is 9.89 Å². The largest absolute Gasteiger partial charge is 0.481 e. The monoisotopic (exact) mass is 196 g/mol. The molecule has 0 bridgehead atoms. The Morgan fingerprint density at radius 2 is 2.14 bits per heavy atom. The SMILES string of the molecule is CC(C)c1cc(C(C)(C)C(=O)O)n[nH]1. The van der Waals surface area contributed by atoms with Crippen molar-refractivity contribution >= 4 is 5.97 Å². The van der Waals surface area contributed by atoms with Crippen LogP contribution in [0.2, 0.25) is 0 Å².